The maximum absolute atomic E-state index is 13.7. The van der Waals surface area contributed by atoms with Crippen molar-refractivity contribution in [2.75, 3.05) is 95.6 Å². The average Bonchev–Trinajstić information content (AvgIpc) is 1.64. The highest BCUT2D eigenvalue weighted by atomic mass is 19.1. The van der Waals surface area contributed by atoms with Gasteiger partial charge >= 0.3 is 41.8 Å². The lowest BCUT2D eigenvalue weighted by atomic mass is 9.73. The van der Waals surface area contributed by atoms with E-state index in [9.17, 15) is 75.9 Å². The molecule has 30 heteroatoms. The molecule has 10 fully saturated rings. The normalized spacial score (nSPS) is 24.4. The van der Waals surface area contributed by atoms with E-state index in [1.54, 1.807) is 9.80 Å². The van der Waals surface area contributed by atoms with Crippen LogP contribution in [0.3, 0.4) is 0 Å². The van der Waals surface area contributed by atoms with Crippen molar-refractivity contribution in [1.82, 2.24) is 34.3 Å². The molecule has 0 N–H and O–H groups in total. The summed E-state index contributed by atoms with van der Waals surface area (Å²) in [5.74, 6) is 1.89. The molecule has 7 amide bonds. The average molecular weight is 1990 g/mol. The highest BCUT2D eigenvalue weighted by Crippen LogP contribution is 2.44. The number of hydrogen-bond donors (Lipinski definition) is 0. The Balaban J connectivity index is 0.000000341. The molecular formula is C110H191F2N7O21. The van der Waals surface area contributed by atoms with Gasteiger partial charge in [-0.05, 0) is 185 Å². The van der Waals surface area contributed by atoms with Gasteiger partial charge in [-0.15, -0.1) is 0 Å². The largest absolute Gasteiger partial charge is 0.469 e. The first-order valence-electron chi connectivity index (χ1n) is 53.6. The molecule has 10 rings (SSSR count). The van der Waals surface area contributed by atoms with E-state index < -0.39 is 36.1 Å². The Morgan fingerprint density at radius 2 is 0.436 bits per heavy atom. The molecule has 7 saturated heterocycles. The van der Waals surface area contributed by atoms with Crippen LogP contribution in [0.2, 0.25) is 0 Å². The summed E-state index contributed by atoms with van der Waals surface area (Å²) in [7, 11) is 9.58. The van der Waals surface area contributed by atoms with E-state index in [2.05, 4.69) is 97.5 Å². The highest BCUT2D eigenvalue weighted by molar-refractivity contribution is 5.89. The van der Waals surface area contributed by atoms with Crippen molar-refractivity contribution in [3.05, 3.63) is 0 Å². The summed E-state index contributed by atoms with van der Waals surface area (Å²) >= 11 is 0. The molecule has 0 aromatic heterocycles. The zero-order chi connectivity index (χ0) is 106. The Bertz CT molecular complexity index is 3580. The first kappa shape index (κ1) is 125. The number of carbonyl (C=O) groups is 14. The van der Waals surface area contributed by atoms with E-state index in [0.717, 1.165) is 123 Å². The Kier molecular flexibility index (Phi) is 54.4. The fourth-order valence-corrected chi connectivity index (χ4v) is 22.4. The molecule has 0 unspecified atom stereocenters. The van der Waals surface area contributed by atoms with Crippen molar-refractivity contribution in [3.63, 3.8) is 0 Å². The summed E-state index contributed by atoms with van der Waals surface area (Å²) in [6.45, 7) is 54.1. The molecule has 7 heterocycles. The molecule has 18 atom stereocenters. The van der Waals surface area contributed by atoms with Gasteiger partial charge in [-0.25, -0.2) is 8.78 Å². The van der Waals surface area contributed by atoms with Crippen molar-refractivity contribution in [1.29, 1.82) is 0 Å². The molecule has 3 aliphatic carbocycles. The second kappa shape index (κ2) is 61.0. The number of ether oxygens (including phenoxy) is 7. The second-order valence-electron chi connectivity index (χ2n) is 45.8. The van der Waals surface area contributed by atoms with Gasteiger partial charge in [0.15, 0.2) is 0 Å². The number of amides is 7. The van der Waals surface area contributed by atoms with Gasteiger partial charge in [-0.3, -0.25) is 67.1 Å². The van der Waals surface area contributed by atoms with Gasteiger partial charge in [-0.2, -0.15) is 0 Å². The van der Waals surface area contributed by atoms with E-state index in [1.807, 2.05) is 103 Å². The molecule has 28 nitrogen and oxygen atoms in total. The number of likely N-dealkylation sites (tertiary alicyclic amines) is 7. The van der Waals surface area contributed by atoms with E-state index in [0.29, 0.717) is 102 Å². The van der Waals surface area contributed by atoms with Crippen LogP contribution >= 0.6 is 0 Å². The number of nitrogens with zero attached hydrogens (tertiary/aromatic N) is 7. The second-order valence-corrected chi connectivity index (χ2v) is 45.8. The monoisotopic (exact) mass is 1980 g/mol. The molecule has 140 heavy (non-hydrogen) atoms. The topological polar surface area (TPSA) is 326 Å². The molecule has 0 bridgehead atoms. The van der Waals surface area contributed by atoms with Crippen molar-refractivity contribution in [3.8, 4) is 0 Å². The Labute approximate surface area is 841 Å². The van der Waals surface area contributed by atoms with Gasteiger partial charge in [0.25, 0.3) is 0 Å². The van der Waals surface area contributed by atoms with Crippen LogP contribution in [0.25, 0.3) is 0 Å². The van der Waals surface area contributed by atoms with Crippen LogP contribution in [-0.4, -0.2) is 268 Å². The molecule has 0 spiro atoms. The lowest BCUT2D eigenvalue weighted by molar-refractivity contribution is -0.150. The quantitative estimate of drug-likeness (QED) is 0.0420. The van der Waals surface area contributed by atoms with E-state index in [1.165, 1.54) is 69.0 Å². The number of halogens is 2. The van der Waals surface area contributed by atoms with Gasteiger partial charge in [0.1, 0.15) is 12.3 Å². The maximum Gasteiger partial charge on any atom is 0.306 e. The van der Waals surface area contributed by atoms with Gasteiger partial charge in [0.2, 0.25) is 41.4 Å². The smallest absolute Gasteiger partial charge is 0.306 e. The van der Waals surface area contributed by atoms with Crippen LogP contribution in [0.5, 0.6) is 0 Å². The summed E-state index contributed by atoms with van der Waals surface area (Å²) in [6, 6.07) is 1.51. The van der Waals surface area contributed by atoms with E-state index in [-0.39, 0.29) is 206 Å². The van der Waals surface area contributed by atoms with E-state index >= 15 is 0 Å². The number of esters is 7. The number of rotatable bonds is 35. The van der Waals surface area contributed by atoms with Crippen molar-refractivity contribution in [2.45, 2.75) is 388 Å². The summed E-state index contributed by atoms with van der Waals surface area (Å²) in [5.41, 5.74) is 0. The van der Waals surface area contributed by atoms with Crippen LogP contribution in [-0.2, 0) is 100 Å². The SMILES string of the molecule is COC(=O)C[C@H](C(=O)N1CCC[C@H]1C(C)C)C1CC1.COC(=O)C[C@H](C(=O)N1CCC[C@H]1C(C)C)C1CCC1.COC(=O)C[C@H](C(=O)N1CCC[C@H]1C(C)C)C1CCCC1.COC(=O)C[C@H](C(=O)N1C[C@@H](C)C[C@H]1C(C)C)C(C)C.COC(=O)C[C@H](C(=O)N1C[C@@H](F)C[C@H]1C(C)C)C(C)C.COC(=O)C[C@H](C(=O)N1C[C@H](C)C[C@H]1C(C)C)C(C)C.COC(=O)C[C@H](C(=O)N1C[C@H](F)C[C@H]1C(C)C)C(C)C. The maximum atomic E-state index is 13.7. The zero-order valence-electron chi connectivity index (χ0n) is 92.3. The highest BCUT2D eigenvalue weighted by Gasteiger charge is 2.49. The predicted octanol–water partition coefficient (Wildman–Crippen LogP) is 18.1. The minimum absolute atomic E-state index is 0.0214. The summed E-state index contributed by atoms with van der Waals surface area (Å²) in [6.07, 6.45) is 18.8. The van der Waals surface area contributed by atoms with Gasteiger partial charge in [0.05, 0.1) is 149 Å². The van der Waals surface area contributed by atoms with Gasteiger partial charge in [0, 0.05) is 87.9 Å². The fraction of sp³-hybridized carbons (Fsp3) is 0.873. The van der Waals surface area contributed by atoms with Gasteiger partial charge in [-0.1, -0.05) is 185 Å². The van der Waals surface area contributed by atoms with Crippen LogP contribution < -0.4 is 0 Å². The molecule has 806 valence electrons. The third-order valence-corrected chi connectivity index (χ3v) is 31.6. The number of hydrogen-bond acceptors (Lipinski definition) is 21. The molecule has 3 saturated carbocycles. The number of alkyl halides is 2. The lowest BCUT2D eigenvalue weighted by Crippen LogP contribution is -2.45. The number of carbonyl (C=O) groups excluding carboxylic acids is 14. The predicted molar refractivity (Wildman–Crippen MR) is 539 cm³/mol. The van der Waals surface area contributed by atoms with Crippen LogP contribution in [0.4, 0.5) is 8.78 Å². The lowest BCUT2D eigenvalue weighted by Gasteiger charge is -2.37. The van der Waals surface area contributed by atoms with Crippen molar-refractivity contribution >= 4 is 83.1 Å². The molecule has 0 aromatic rings. The number of methoxy groups -OCH3 is 7. The van der Waals surface area contributed by atoms with E-state index in [4.69, 9.17) is 23.7 Å². The van der Waals surface area contributed by atoms with Gasteiger partial charge < -0.3 is 67.5 Å². The van der Waals surface area contributed by atoms with Crippen molar-refractivity contribution < 1.29 is 109 Å². The van der Waals surface area contributed by atoms with Crippen LogP contribution in [0.1, 0.15) is 333 Å². The Morgan fingerprint density at radius 3 is 0.629 bits per heavy atom. The molecule has 0 aromatic carbocycles. The Hall–Kier alpha value is -7.56. The minimum Gasteiger partial charge on any atom is -0.469 e. The summed E-state index contributed by atoms with van der Waals surface area (Å²) in [5, 5.41) is 0. The minimum atomic E-state index is -0.961. The Morgan fingerprint density at radius 1 is 0.236 bits per heavy atom. The van der Waals surface area contributed by atoms with Crippen LogP contribution in [0.15, 0.2) is 0 Å². The first-order valence-corrected chi connectivity index (χ1v) is 53.6. The summed E-state index contributed by atoms with van der Waals surface area (Å²) < 4.78 is 60.4. The molecule has 7 aliphatic heterocycles. The molecular weight excluding hydrogens is 1790 g/mol. The molecule has 10 aliphatic rings. The molecule has 0 radical (unpaired) electrons. The zero-order valence-corrected chi connectivity index (χ0v) is 92.3. The first-order chi connectivity index (χ1) is 65.7. The van der Waals surface area contributed by atoms with Crippen molar-refractivity contribution in [2.24, 2.45) is 136 Å². The third-order valence-electron chi connectivity index (χ3n) is 31.6. The summed E-state index contributed by atoms with van der Waals surface area (Å²) in [4.78, 5) is 184. The third kappa shape index (κ3) is 37.8. The van der Waals surface area contributed by atoms with Crippen LogP contribution in [0, 0.1) is 136 Å². The standard InChI is InChI=1S/C17H29NO3.C16H27NO3.2C16H29NO3.2C15H26FNO3.C15H25NO3/c1-12(2)15-9-6-10-18(15)17(20)14(11-16(19)21-3)13-7-4-5-8-13;1-11(2)14-8-5-9-17(14)16(19)13(10-15(18)20-3)12-6-4-7-12;2*1-10(2)13(8-15(18)20-6)16(19)17-9-12(5)7-14(17)11(3)4;2*1-9(2)12(7-14(18)20-5)15(19)17-8-11(16)6-13(17)10(3)4;1-10(2)13-5-4-8-16(13)15(18)12(11-6-7-11)9-14(17)19-3/h12-15H,4-11H2,1-3H3;11-14H,4-10H2,1-3H3;2*10-14H,7-9H2,1-6H3;2*9-13H,6-8H2,1-5H3;10-13H,4-9H2,1-3H3/t14-,15-;13-,14-;12-,13+,14+;12-,13-,14-;11-,12+,13+;11-,12-,13-;12-,13-/m0010100/s1. The fourth-order valence-electron chi connectivity index (χ4n) is 22.4.